The first-order valence-electron chi connectivity index (χ1n) is 4.97. The van der Waals surface area contributed by atoms with Crippen LogP contribution in [0.15, 0.2) is 24.5 Å². The number of nitrogens with zero attached hydrogens (tertiary/aromatic N) is 2. The Morgan fingerprint density at radius 1 is 1.19 bits per heavy atom. The van der Waals surface area contributed by atoms with Gasteiger partial charge in [0.15, 0.2) is 11.6 Å². The van der Waals surface area contributed by atoms with Crippen molar-refractivity contribution in [2.45, 2.75) is 13.1 Å². The zero-order valence-electron chi connectivity index (χ0n) is 8.37. The molecule has 3 nitrogen and oxygen atoms in total. The summed E-state index contributed by atoms with van der Waals surface area (Å²) in [6, 6.07) is 2.44. The summed E-state index contributed by atoms with van der Waals surface area (Å²) < 4.78 is 28.1. The van der Waals surface area contributed by atoms with Crippen LogP contribution in [0.1, 0.15) is 11.4 Å². The second-order valence-electron chi connectivity index (χ2n) is 3.71. The van der Waals surface area contributed by atoms with E-state index in [1.165, 1.54) is 12.1 Å². The van der Waals surface area contributed by atoms with Crippen molar-refractivity contribution in [1.82, 2.24) is 14.9 Å². The molecule has 2 aromatic rings. The largest absolute Gasteiger partial charge is 0.306 e. The van der Waals surface area contributed by atoms with E-state index >= 15 is 0 Å². The van der Waals surface area contributed by atoms with E-state index in [0.717, 1.165) is 11.4 Å². The fourth-order valence-electron chi connectivity index (χ4n) is 1.94. The maximum Gasteiger partial charge on any atom is 0.160 e. The van der Waals surface area contributed by atoms with Gasteiger partial charge in [0.2, 0.25) is 0 Å². The minimum absolute atomic E-state index is 0.510. The average Bonchev–Trinajstić information content (AvgIpc) is 2.65. The molecule has 0 radical (unpaired) electrons. The molecule has 0 fully saturated rings. The smallest absolute Gasteiger partial charge is 0.160 e. The van der Waals surface area contributed by atoms with Crippen molar-refractivity contribution < 1.29 is 8.78 Å². The van der Waals surface area contributed by atoms with Crippen LogP contribution in [0, 0.1) is 11.6 Å². The lowest BCUT2D eigenvalue weighted by molar-refractivity contribution is 0.506. The highest BCUT2D eigenvalue weighted by Gasteiger charge is 2.16. The molecule has 1 aromatic carbocycles. The topological polar surface area (TPSA) is 29.9 Å². The van der Waals surface area contributed by atoms with E-state index in [-0.39, 0.29) is 0 Å². The molecule has 0 bridgehead atoms. The fourth-order valence-corrected chi connectivity index (χ4v) is 1.94. The lowest BCUT2D eigenvalue weighted by Crippen LogP contribution is -2.11. The van der Waals surface area contributed by atoms with Gasteiger partial charge in [0, 0.05) is 25.0 Å². The van der Waals surface area contributed by atoms with E-state index in [0.29, 0.717) is 18.8 Å². The number of halogens is 2. The maximum atomic E-state index is 13.2. The van der Waals surface area contributed by atoms with Crippen molar-refractivity contribution in [2.24, 2.45) is 0 Å². The van der Waals surface area contributed by atoms with Gasteiger partial charge < -0.3 is 9.88 Å². The first-order chi connectivity index (χ1) is 7.75. The zero-order chi connectivity index (χ0) is 11.1. The van der Waals surface area contributed by atoms with E-state index in [1.54, 1.807) is 17.0 Å². The molecule has 3 rings (SSSR count). The summed E-state index contributed by atoms with van der Waals surface area (Å²) in [7, 11) is 0. The molecule has 0 spiro atoms. The van der Waals surface area contributed by atoms with Crippen molar-refractivity contribution in [3.05, 3.63) is 47.5 Å². The number of fused-ring (bicyclic) bond motifs is 3. The zero-order valence-corrected chi connectivity index (χ0v) is 8.37. The fraction of sp³-hybridized carbons (Fsp3) is 0.182. The quantitative estimate of drug-likeness (QED) is 0.734. The summed E-state index contributed by atoms with van der Waals surface area (Å²) in [5, 5.41) is 3.12. The molecular formula is C11H9F2N3. The molecule has 5 heteroatoms. The van der Waals surface area contributed by atoms with Crippen LogP contribution in [0.5, 0.6) is 0 Å². The molecule has 1 N–H and O–H groups in total. The van der Waals surface area contributed by atoms with Crippen molar-refractivity contribution >= 4 is 0 Å². The molecule has 2 heterocycles. The Balaban J connectivity index is 2.27. The van der Waals surface area contributed by atoms with Gasteiger partial charge in [-0.2, -0.15) is 0 Å². The van der Waals surface area contributed by atoms with Crippen LogP contribution in [0.4, 0.5) is 8.78 Å². The van der Waals surface area contributed by atoms with Crippen LogP contribution >= 0.6 is 0 Å². The van der Waals surface area contributed by atoms with Crippen LogP contribution in [0.25, 0.3) is 5.69 Å². The molecule has 0 unspecified atom stereocenters. The third kappa shape index (κ3) is 1.32. The van der Waals surface area contributed by atoms with E-state index < -0.39 is 11.6 Å². The van der Waals surface area contributed by atoms with Gasteiger partial charge in [-0.25, -0.2) is 13.8 Å². The van der Waals surface area contributed by atoms with E-state index in [2.05, 4.69) is 10.3 Å². The Labute approximate surface area is 90.7 Å². The number of rotatable bonds is 0. The SMILES string of the molecule is Fc1cc2c(cc1F)-n1ccnc1CNC2. The summed E-state index contributed by atoms with van der Waals surface area (Å²) in [4.78, 5) is 4.15. The molecule has 0 saturated heterocycles. The minimum Gasteiger partial charge on any atom is -0.306 e. The van der Waals surface area contributed by atoms with Gasteiger partial charge in [0.05, 0.1) is 12.2 Å². The van der Waals surface area contributed by atoms with Crippen molar-refractivity contribution in [3.63, 3.8) is 0 Å². The average molecular weight is 221 g/mol. The van der Waals surface area contributed by atoms with Crippen molar-refractivity contribution in [1.29, 1.82) is 0 Å². The maximum absolute atomic E-state index is 13.2. The second kappa shape index (κ2) is 3.38. The summed E-state index contributed by atoms with van der Waals surface area (Å²) in [6.45, 7) is 1.10. The van der Waals surface area contributed by atoms with Crippen LogP contribution in [-0.2, 0) is 13.1 Å². The first kappa shape index (κ1) is 9.47. The lowest BCUT2D eigenvalue weighted by Gasteiger charge is -2.08. The normalized spacial score (nSPS) is 14.1. The Morgan fingerprint density at radius 3 is 2.88 bits per heavy atom. The molecular weight excluding hydrogens is 212 g/mol. The Kier molecular flexibility index (Phi) is 2.00. The first-order valence-corrected chi connectivity index (χ1v) is 4.97. The lowest BCUT2D eigenvalue weighted by atomic mass is 10.1. The number of imidazole rings is 1. The molecule has 1 aliphatic heterocycles. The van der Waals surface area contributed by atoms with Gasteiger partial charge in [0.25, 0.3) is 0 Å². The predicted molar refractivity (Wildman–Crippen MR) is 54.0 cm³/mol. The summed E-state index contributed by atoms with van der Waals surface area (Å²) in [5.41, 5.74) is 1.38. The van der Waals surface area contributed by atoms with Crippen LogP contribution in [0.3, 0.4) is 0 Å². The number of aromatic nitrogens is 2. The number of hydrogen-bond acceptors (Lipinski definition) is 2. The van der Waals surface area contributed by atoms with Crippen molar-refractivity contribution in [3.8, 4) is 5.69 Å². The Bertz CT molecular complexity index is 548. The number of benzene rings is 1. The monoisotopic (exact) mass is 221 g/mol. The second-order valence-corrected chi connectivity index (χ2v) is 3.71. The molecule has 0 atom stereocenters. The molecule has 1 aliphatic rings. The number of nitrogens with one attached hydrogen (secondary N) is 1. The number of hydrogen-bond donors (Lipinski definition) is 1. The van der Waals surface area contributed by atoms with Crippen LogP contribution in [-0.4, -0.2) is 9.55 Å². The van der Waals surface area contributed by atoms with E-state index in [9.17, 15) is 8.78 Å². The molecule has 16 heavy (non-hydrogen) atoms. The highest BCUT2D eigenvalue weighted by atomic mass is 19.2. The minimum atomic E-state index is -0.833. The van der Waals surface area contributed by atoms with Gasteiger partial charge in [-0.05, 0) is 11.6 Å². The summed E-state index contributed by atoms with van der Waals surface area (Å²) in [5.74, 6) is -0.853. The predicted octanol–water partition coefficient (Wildman–Crippen LogP) is 1.75. The molecule has 0 saturated carbocycles. The standard InChI is InChI=1S/C11H9F2N3/c12-8-3-7-5-14-6-11-15-1-2-16(11)10(7)4-9(8)13/h1-4,14H,5-6H2. The van der Waals surface area contributed by atoms with Crippen molar-refractivity contribution in [2.75, 3.05) is 0 Å². The van der Waals surface area contributed by atoms with E-state index in [4.69, 9.17) is 0 Å². The van der Waals surface area contributed by atoms with Gasteiger partial charge >= 0.3 is 0 Å². The van der Waals surface area contributed by atoms with Gasteiger partial charge in [-0.15, -0.1) is 0 Å². The third-order valence-electron chi connectivity index (χ3n) is 2.70. The van der Waals surface area contributed by atoms with Crippen LogP contribution in [0.2, 0.25) is 0 Å². The highest BCUT2D eigenvalue weighted by molar-refractivity contribution is 5.43. The van der Waals surface area contributed by atoms with Gasteiger partial charge in [-0.1, -0.05) is 0 Å². The Hall–Kier alpha value is -1.75. The summed E-state index contributed by atoms with van der Waals surface area (Å²) >= 11 is 0. The van der Waals surface area contributed by atoms with Gasteiger partial charge in [0.1, 0.15) is 5.82 Å². The van der Waals surface area contributed by atoms with E-state index in [1.807, 2.05) is 0 Å². The third-order valence-corrected chi connectivity index (χ3v) is 2.70. The molecule has 0 aliphatic carbocycles. The summed E-state index contributed by atoms with van der Waals surface area (Å²) in [6.07, 6.45) is 3.39. The highest BCUT2D eigenvalue weighted by Crippen LogP contribution is 2.22. The molecule has 82 valence electrons. The van der Waals surface area contributed by atoms with Crippen LogP contribution < -0.4 is 5.32 Å². The molecule has 0 amide bonds. The molecule has 1 aromatic heterocycles. The Morgan fingerprint density at radius 2 is 2.00 bits per heavy atom. The van der Waals surface area contributed by atoms with Gasteiger partial charge in [-0.3, -0.25) is 0 Å².